The summed E-state index contributed by atoms with van der Waals surface area (Å²) < 4.78 is 10.4. The molecule has 5 heteroatoms. The second-order valence-corrected chi connectivity index (χ2v) is 4.59. The van der Waals surface area contributed by atoms with Gasteiger partial charge in [0.1, 0.15) is 5.75 Å². The average molecular weight is 270 g/mol. The first kappa shape index (κ1) is 13.3. The minimum atomic E-state index is 0.0243. The van der Waals surface area contributed by atoms with Crippen molar-refractivity contribution in [2.45, 2.75) is 0 Å². The lowest BCUT2D eigenvalue weighted by Gasteiger charge is -2.26. The van der Waals surface area contributed by atoms with E-state index in [2.05, 4.69) is 4.90 Å². The summed E-state index contributed by atoms with van der Waals surface area (Å²) >= 11 is 5.92. The van der Waals surface area contributed by atoms with Crippen molar-refractivity contribution in [2.75, 3.05) is 40.0 Å². The van der Waals surface area contributed by atoms with Gasteiger partial charge in [-0.2, -0.15) is 0 Å². The third-order valence-electron chi connectivity index (χ3n) is 2.93. The molecule has 0 N–H and O–H groups in total. The summed E-state index contributed by atoms with van der Waals surface area (Å²) in [7, 11) is 1.55. The van der Waals surface area contributed by atoms with E-state index in [1.54, 1.807) is 25.3 Å². The molecule has 1 aliphatic heterocycles. The molecule has 0 atom stereocenters. The summed E-state index contributed by atoms with van der Waals surface area (Å²) in [6, 6.07) is 5.09. The summed E-state index contributed by atoms with van der Waals surface area (Å²) in [5.41, 5.74) is 0.538. The molecule has 0 aromatic heterocycles. The lowest BCUT2D eigenvalue weighted by Crippen LogP contribution is -2.39. The highest BCUT2D eigenvalue weighted by Crippen LogP contribution is 2.23. The van der Waals surface area contributed by atoms with Crippen LogP contribution < -0.4 is 4.74 Å². The molecule has 1 fully saturated rings. The Morgan fingerprint density at radius 2 is 2.17 bits per heavy atom. The Morgan fingerprint density at radius 3 is 2.83 bits per heavy atom. The molecule has 1 heterocycles. The smallest absolute Gasteiger partial charge is 0.180 e. The Hall–Kier alpha value is -1.10. The number of methoxy groups -OCH3 is 1. The molecule has 1 aliphatic rings. The standard InChI is InChI=1S/C13H16ClNO3/c1-17-13-3-2-10(14)8-11(13)12(16)9-15-4-6-18-7-5-15/h2-3,8H,4-7,9H2,1H3. The van der Waals surface area contributed by atoms with Crippen molar-refractivity contribution in [1.29, 1.82) is 0 Å². The molecular formula is C13H16ClNO3. The molecule has 18 heavy (non-hydrogen) atoms. The van der Waals surface area contributed by atoms with Crippen LogP contribution in [0.25, 0.3) is 0 Å². The van der Waals surface area contributed by atoms with Crippen LogP contribution in [0.2, 0.25) is 5.02 Å². The van der Waals surface area contributed by atoms with Crippen LogP contribution in [-0.4, -0.2) is 50.6 Å². The van der Waals surface area contributed by atoms with Crippen molar-refractivity contribution < 1.29 is 14.3 Å². The number of morpholine rings is 1. The van der Waals surface area contributed by atoms with Crippen molar-refractivity contribution in [2.24, 2.45) is 0 Å². The molecule has 1 saturated heterocycles. The van der Waals surface area contributed by atoms with Gasteiger partial charge in [0, 0.05) is 18.1 Å². The number of hydrogen-bond donors (Lipinski definition) is 0. The molecule has 0 aliphatic carbocycles. The zero-order valence-electron chi connectivity index (χ0n) is 10.3. The van der Waals surface area contributed by atoms with Crippen LogP contribution in [0.1, 0.15) is 10.4 Å². The number of carbonyl (C=O) groups excluding carboxylic acids is 1. The minimum absolute atomic E-state index is 0.0243. The highest BCUT2D eigenvalue weighted by Gasteiger charge is 2.18. The molecule has 0 unspecified atom stereocenters. The van der Waals surface area contributed by atoms with Gasteiger partial charge < -0.3 is 9.47 Å². The van der Waals surface area contributed by atoms with E-state index in [0.29, 0.717) is 36.1 Å². The van der Waals surface area contributed by atoms with Crippen LogP contribution in [0, 0.1) is 0 Å². The van der Waals surface area contributed by atoms with Crippen LogP contribution >= 0.6 is 11.6 Å². The Bertz CT molecular complexity index is 430. The first-order valence-corrected chi connectivity index (χ1v) is 6.25. The Balaban J connectivity index is 2.09. The Labute approximate surface area is 111 Å². The van der Waals surface area contributed by atoms with Crippen LogP contribution in [0.15, 0.2) is 18.2 Å². The first-order chi connectivity index (χ1) is 8.70. The maximum absolute atomic E-state index is 12.2. The predicted molar refractivity (Wildman–Crippen MR) is 69.6 cm³/mol. The maximum atomic E-state index is 12.2. The van der Waals surface area contributed by atoms with E-state index in [-0.39, 0.29) is 5.78 Å². The first-order valence-electron chi connectivity index (χ1n) is 5.87. The second-order valence-electron chi connectivity index (χ2n) is 4.16. The molecule has 1 aromatic carbocycles. The van der Waals surface area contributed by atoms with E-state index in [0.717, 1.165) is 13.1 Å². The molecule has 0 spiro atoms. The number of nitrogens with zero attached hydrogens (tertiary/aromatic N) is 1. The van der Waals surface area contributed by atoms with Crippen molar-refractivity contribution in [1.82, 2.24) is 4.90 Å². The molecule has 0 saturated carbocycles. The number of carbonyl (C=O) groups is 1. The van der Waals surface area contributed by atoms with Crippen molar-refractivity contribution >= 4 is 17.4 Å². The zero-order chi connectivity index (χ0) is 13.0. The van der Waals surface area contributed by atoms with E-state index < -0.39 is 0 Å². The van der Waals surface area contributed by atoms with E-state index in [4.69, 9.17) is 21.1 Å². The summed E-state index contributed by atoms with van der Waals surface area (Å²) in [4.78, 5) is 14.3. The third-order valence-corrected chi connectivity index (χ3v) is 3.17. The van der Waals surface area contributed by atoms with Gasteiger partial charge in [0.25, 0.3) is 0 Å². The number of rotatable bonds is 4. The topological polar surface area (TPSA) is 38.8 Å². The van der Waals surface area contributed by atoms with Gasteiger partial charge in [0.05, 0.1) is 32.4 Å². The fourth-order valence-corrected chi connectivity index (χ4v) is 2.12. The van der Waals surface area contributed by atoms with Gasteiger partial charge in [-0.05, 0) is 18.2 Å². The molecule has 98 valence electrons. The fraction of sp³-hybridized carbons (Fsp3) is 0.462. The quantitative estimate of drug-likeness (QED) is 0.782. The van der Waals surface area contributed by atoms with Crippen molar-refractivity contribution in [3.63, 3.8) is 0 Å². The van der Waals surface area contributed by atoms with Gasteiger partial charge in [0.2, 0.25) is 0 Å². The highest BCUT2D eigenvalue weighted by molar-refractivity contribution is 6.31. The number of ether oxygens (including phenoxy) is 2. The third kappa shape index (κ3) is 3.22. The van der Waals surface area contributed by atoms with Gasteiger partial charge in [0.15, 0.2) is 5.78 Å². The SMILES string of the molecule is COc1ccc(Cl)cc1C(=O)CN1CCOCC1. The average Bonchev–Trinajstić information content (AvgIpc) is 2.40. The van der Waals surface area contributed by atoms with Gasteiger partial charge in [-0.15, -0.1) is 0 Å². The number of halogens is 1. The summed E-state index contributed by atoms with van der Waals surface area (Å²) in [6.07, 6.45) is 0. The van der Waals surface area contributed by atoms with Crippen LogP contribution in [0.4, 0.5) is 0 Å². The molecule has 0 amide bonds. The fourth-order valence-electron chi connectivity index (χ4n) is 1.95. The zero-order valence-corrected chi connectivity index (χ0v) is 11.1. The number of ketones is 1. The van der Waals surface area contributed by atoms with Crippen LogP contribution in [0.3, 0.4) is 0 Å². The molecule has 0 bridgehead atoms. The molecule has 1 aromatic rings. The van der Waals surface area contributed by atoms with Gasteiger partial charge >= 0.3 is 0 Å². The second kappa shape index (κ2) is 6.18. The molecule has 4 nitrogen and oxygen atoms in total. The van der Waals surface area contributed by atoms with Crippen molar-refractivity contribution in [3.8, 4) is 5.75 Å². The number of hydrogen-bond acceptors (Lipinski definition) is 4. The number of Topliss-reactive ketones (excluding diaryl/α,β-unsaturated/α-hetero) is 1. The van der Waals surface area contributed by atoms with Gasteiger partial charge in [-0.3, -0.25) is 9.69 Å². The van der Waals surface area contributed by atoms with Gasteiger partial charge in [-0.1, -0.05) is 11.6 Å². The van der Waals surface area contributed by atoms with Crippen molar-refractivity contribution in [3.05, 3.63) is 28.8 Å². The lowest BCUT2D eigenvalue weighted by molar-refractivity contribution is 0.0370. The maximum Gasteiger partial charge on any atom is 0.180 e. The van der Waals surface area contributed by atoms with Crippen LogP contribution in [0.5, 0.6) is 5.75 Å². The van der Waals surface area contributed by atoms with E-state index in [1.807, 2.05) is 0 Å². The minimum Gasteiger partial charge on any atom is -0.496 e. The molecule has 2 rings (SSSR count). The van der Waals surface area contributed by atoms with Crippen LogP contribution in [-0.2, 0) is 4.74 Å². The molecule has 0 radical (unpaired) electrons. The van der Waals surface area contributed by atoms with E-state index in [1.165, 1.54) is 0 Å². The lowest BCUT2D eigenvalue weighted by atomic mass is 10.1. The monoisotopic (exact) mass is 269 g/mol. The molecular weight excluding hydrogens is 254 g/mol. The summed E-state index contributed by atoms with van der Waals surface area (Å²) in [5.74, 6) is 0.592. The van der Waals surface area contributed by atoms with Gasteiger partial charge in [-0.25, -0.2) is 0 Å². The summed E-state index contributed by atoms with van der Waals surface area (Å²) in [5, 5.41) is 0.543. The highest BCUT2D eigenvalue weighted by atomic mass is 35.5. The Morgan fingerprint density at radius 1 is 1.44 bits per heavy atom. The Kier molecular flexibility index (Phi) is 4.58. The van der Waals surface area contributed by atoms with E-state index >= 15 is 0 Å². The predicted octanol–water partition coefficient (Wildman–Crippen LogP) is 1.86. The normalized spacial score (nSPS) is 16.6. The summed E-state index contributed by atoms with van der Waals surface area (Å²) in [6.45, 7) is 3.31. The largest absolute Gasteiger partial charge is 0.496 e. The number of benzene rings is 1. The van der Waals surface area contributed by atoms with E-state index in [9.17, 15) is 4.79 Å².